The first-order chi connectivity index (χ1) is 8.56. The van der Waals surface area contributed by atoms with Crippen LogP contribution >= 0.6 is 11.1 Å². The Bertz CT molecular complexity index is 468. The van der Waals surface area contributed by atoms with Crippen LogP contribution < -0.4 is 10.4 Å². The summed E-state index contributed by atoms with van der Waals surface area (Å²) in [5, 5.41) is 2.61. The smallest absolute Gasteiger partial charge is 0.155 e. The lowest BCUT2D eigenvalue weighted by atomic mass is 10.2. The second-order valence-corrected chi connectivity index (χ2v) is 10.3. The largest absolute Gasteiger partial charge is 0.217 e. The summed E-state index contributed by atoms with van der Waals surface area (Å²) in [7, 11) is -2.05. The quantitative estimate of drug-likeness (QED) is 0.592. The van der Waals surface area contributed by atoms with Crippen LogP contribution in [0.5, 0.6) is 0 Å². The van der Waals surface area contributed by atoms with E-state index in [1.54, 1.807) is 0 Å². The molecule has 2 aromatic rings. The Hall–Kier alpha value is -1.05. The zero-order chi connectivity index (χ0) is 13.2. The zero-order valence-electron chi connectivity index (χ0n) is 11.2. The van der Waals surface area contributed by atoms with E-state index < -0.39 is 7.38 Å². The monoisotopic (exact) mass is 274 g/mol. The van der Waals surface area contributed by atoms with Crippen LogP contribution in [0.3, 0.4) is 0 Å². The van der Waals surface area contributed by atoms with Gasteiger partial charge in [0.2, 0.25) is 7.38 Å². The van der Waals surface area contributed by atoms with Gasteiger partial charge in [-0.3, -0.25) is 0 Å². The summed E-state index contributed by atoms with van der Waals surface area (Å²) in [6.07, 6.45) is 0. The van der Waals surface area contributed by atoms with Crippen LogP contribution in [0.4, 0.5) is 0 Å². The lowest BCUT2D eigenvalue weighted by Gasteiger charge is -2.24. The minimum absolute atomic E-state index is 1.01. The fraction of sp³-hybridized carbons (Fsp3) is 0.250. The highest BCUT2D eigenvalue weighted by molar-refractivity contribution is 7.34. The van der Waals surface area contributed by atoms with Crippen LogP contribution in [0.15, 0.2) is 48.5 Å². The average Bonchev–Trinajstić information content (AvgIpc) is 2.39. The first kappa shape index (κ1) is 13.4. The molecule has 0 unspecified atom stereocenters. The normalized spacial score (nSPS) is 11.6. The molecule has 0 bridgehead atoms. The summed E-state index contributed by atoms with van der Waals surface area (Å²) < 4.78 is 0. The van der Waals surface area contributed by atoms with Crippen LogP contribution in [0.2, 0.25) is 6.04 Å². The molecule has 0 atom stereocenters. The second-order valence-electron chi connectivity index (χ2n) is 4.89. The van der Waals surface area contributed by atoms with Gasteiger partial charge in [-0.25, -0.2) is 0 Å². The van der Waals surface area contributed by atoms with Gasteiger partial charge in [0.1, 0.15) is 0 Å². The molecule has 0 saturated carbocycles. The van der Waals surface area contributed by atoms with Crippen molar-refractivity contribution in [3.8, 4) is 0 Å². The zero-order valence-corrected chi connectivity index (χ0v) is 13.0. The Labute approximate surface area is 115 Å². The van der Waals surface area contributed by atoms with E-state index in [1.165, 1.54) is 21.5 Å². The highest BCUT2D eigenvalue weighted by Gasteiger charge is 2.33. The lowest BCUT2D eigenvalue weighted by Crippen LogP contribution is -2.52. The molecular weight excluding hydrogens is 256 g/mol. The van der Waals surface area contributed by atoms with Crippen LogP contribution in [-0.4, -0.2) is 7.38 Å². The van der Waals surface area contributed by atoms with Crippen LogP contribution in [-0.2, 0) is 0 Å². The van der Waals surface area contributed by atoms with Crippen molar-refractivity contribution in [1.82, 2.24) is 0 Å². The molecule has 94 valence electrons. The van der Waals surface area contributed by atoms with E-state index in [9.17, 15) is 0 Å². The van der Waals surface area contributed by atoms with Crippen molar-refractivity contribution in [3.05, 3.63) is 59.7 Å². The summed E-state index contributed by atoms with van der Waals surface area (Å²) in [6.45, 7) is 6.41. The van der Waals surface area contributed by atoms with Crippen molar-refractivity contribution in [2.24, 2.45) is 0 Å². The van der Waals surface area contributed by atoms with Gasteiger partial charge in [0.25, 0.3) is 0 Å². The molecule has 0 radical (unpaired) electrons. The number of hydrogen-bond acceptors (Lipinski definition) is 0. The molecule has 0 saturated heterocycles. The lowest BCUT2D eigenvalue weighted by molar-refractivity contribution is 1.41. The molecule has 2 rings (SSSR count). The number of benzene rings is 2. The van der Waals surface area contributed by atoms with Gasteiger partial charge in [-0.1, -0.05) is 66.6 Å². The summed E-state index contributed by atoms with van der Waals surface area (Å²) >= 11 is 7.02. The van der Waals surface area contributed by atoms with Crippen LogP contribution in [0.1, 0.15) is 18.1 Å². The maximum atomic E-state index is 7.02. The minimum atomic E-state index is -2.05. The molecule has 0 amide bonds. The van der Waals surface area contributed by atoms with Crippen molar-refractivity contribution in [3.63, 3.8) is 0 Å². The van der Waals surface area contributed by atoms with E-state index in [-0.39, 0.29) is 0 Å². The average molecular weight is 275 g/mol. The Morgan fingerprint density at radius 1 is 0.778 bits per heavy atom. The third kappa shape index (κ3) is 2.52. The Morgan fingerprint density at radius 2 is 1.11 bits per heavy atom. The predicted octanol–water partition coefficient (Wildman–Crippen LogP) is 3.62. The molecular formula is C16H19ClSi. The molecule has 18 heavy (non-hydrogen) atoms. The van der Waals surface area contributed by atoms with Gasteiger partial charge >= 0.3 is 0 Å². The van der Waals surface area contributed by atoms with Crippen LogP contribution in [0, 0.1) is 13.8 Å². The van der Waals surface area contributed by atoms with Crippen molar-refractivity contribution in [1.29, 1.82) is 0 Å². The standard InChI is InChI=1S/C16H19ClSi/c1-4-18(17,15-9-5-13(2)6-10-15)16-11-7-14(3)8-12-16/h5-12H,4H2,1-3H3. The van der Waals surface area contributed by atoms with Crippen molar-refractivity contribution < 1.29 is 0 Å². The van der Waals surface area contributed by atoms with Gasteiger partial charge in [0.15, 0.2) is 0 Å². The molecule has 0 aliphatic carbocycles. The summed E-state index contributed by atoms with van der Waals surface area (Å²) in [5.74, 6) is 0. The molecule has 0 spiro atoms. The molecule has 2 heteroatoms. The fourth-order valence-electron chi connectivity index (χ4n) is 2.21. The molecule has 0 N–H and O–H groups in total. The van der Waals surface area contributed by atoms with Gasteiger partial charge in [0.05, 0.1) is 0 Å². The highest BCUT2D eigenvalue weighted by atomic mass is 35.6. The fourth-order valence-corrected chi connectivity index (χ4v) is 5.51. The molecule has 0 fully saturated rings. The van der Waals surface area contributed by atoms with E-state index in [0.29, 0.717) is 0 Å². The van der Waals surface area contributed by atoms with Gasteiger partial charge in [0, 0.05) is 0 Å². The molecule has 0 aliphatic heterocycles. The third-order valence-corrected chi connectivity index (χ3v) is 9.09. The first-order valence-corrected chi connectivity index (χ1v) is 9.61. The SMILES string of the molecule is CC[Si](Cl)(c1ccc(C)cc1)c1ccc(C)cc1. The third-order valence-electron chi connectivity index (χ3n) is 3.51. The summed E-state index contributed by atoms with van der Waals surface area (Å²) in [4.78, 5) is 0. The summed E-state index contributed by atoms with van der Waals surface area (Å²) in [5.41, 5.74) is 2.57. The Morgan fingerprint density at radius 3 is 1.39 bits per heavy atom. The topological polar surface area (TPSA) is 0 Å². The second kappa shape index (κ2) is 5.29. The van der Waals surface area contributed by atoms with Crippen molar-refractivity contribution in [2.45, 2.75) is 26.8 Å². The minimum Gasteiger partial charge on any atom is -0.155 e. The van der Waals surface area contributed by atoms with E-state index in [0.717, 1.165) is 6.04 Å². The molecule has 0 aliphatic rings. The van der Waals surface area contributed by atoms with Crippen molar-refractivity contribution >= 4 is 28.8 Å². The van der Waals surface area contributed by atoms with Gasteiger partial charge in [-0.15, -0.1) is 0 Å². The van der Waals surface area contributed by atoms with Crippen LogP contribution in [0.25, 0.3) is 0 Å². The van der Waals surface area contributed by atoms with E-state index in [4.69, 9.17) is 11.1 Å². The predicted molar refractivity (Wildman–Crippen MR) is 83.7 cm³/mol. The van der Waals surface area contributed by atoms with Gasteiger partial charge in [-0.05, 0) is 30.3 Å². The van der Waals surface area contributed by atoms with Crippen molar-refractivity contribution in [2.75, 3.05) is 0 Å². The maximum Gasteiger partial charge on any atom is 0.217 e. The molecule has 0 aromatic heterocycles. The summed E-state index contributed by atoms with van der Waals surface area (Å²) in [6, 6.07) is 18.4. The Kier molecular flexibility index (Phi) is 3.93. The number of halogens is 1. The van der Waals surface area contributed by atoms with E-state index >= 15 is 0 Å². The number of rotatable bonds is 3. The van der Waals surface area contributed by atoms with E-state index in [1.807, 2.05) is 0 Å². The number of aryl methyl sites for hydroxylation is 2. The number of hydrogen-bond donors (Lipinski definition) is 0. The molecule has 2 aromatic carbocycles. The highest BCUT2D eigenvalue weighted by Crippen LogP contribution is 2.16. The molecule has 0 heterocycles. The Balaban J connectivity index is 2.47. The maximum absolute atomic E-state index is 7.02. The molecule has 0 nitrogen and oxygen atoms in total. The van der Waals surface area contributed by atoms with Gasteiger partial charge < -0.3 is 0 Å². The first-order valence-electron chi connectivity index (χ1n) is 6.39. The van der Waals surface area contributed by atoms with Gasteiger partial charge in [-0.2, -0.15) is 11.1 Å². The van der Waals surface area contributed by atoms with E-state index in [2.05, 4.69) is 69.3 Å².